The number of guanidine groups is 1. The Morgan fingerprint density at radius 3 is 2.58 bits per heavy atom. The van der Waals surface area contributed by atoms with Crippen LogP contribution < -0.4 is 10.6 Å². The van der Waals surface area contributed by atoms with Crippen molar-refractivity contribution in [1.82, 2.24) is 25.4 Å². The van der Waals surface area contributed by atoms with Gasteiger partial charge in [0.1, 0.15) is 0 Å². The number of nitrogens with one attached hydrogen (secondary N) is 2. The van der Waals surface area contributed by atoms with Crippen molar-refractivity contribution in [3.63, 3.8) is 0 Å². The zero-order valence-corrected chi connectivity index (χ0v) is 16.7. The van der Waals surface area contributed by atoms with Crippen molar-refractivity contribution in [2.75, 3.05) is 13.6 Å². The zero-order chi connectivity index (χ0) is 18.9. The molecule has 2 N–H and O–H groups in total. The molecule has 2 rings (SSSR count). The number of aliphatic imine (C=N–C) groups is 1. The molecule has 0 unspecified atom stereocenters. The van der Waals surface area contributed by atoms with Crippen molar-refractivity contribution < 1.29 is 0 Å². The minimum Gasteiger partial charge on any atom is -0.356 e. The fraction of sp³-hybridized carbons (Fsp3) is 0.550. The quantitative estimate of drug-likeness (QED) is 0.432. The van der Waals surface area contributed by atoms with Crippen LogP contribution in [0.5, 0.6) is 0 Å². The topological polar surface area (TPSA) is 67.1 Å². The smallest absolute Gasteiger partial charge is 0.191 e. The van der Waals surface area contributed by atoms with E-state index in [0.717, 1.165) is 47.6 Å². The number of nitrogens with zero attached hydrogens (tertiary/aromatic N) is 4. The van der Waals surface area contributed by atoms with Crippen molar-refractivity contribution in [3.8, 4) is 5.82 Å². The molecule has 0 aliphatic carbocycles. The number of hydrogen-bond acceptors (Lipinski definition) is 3. The van der Waals surface area contributed by atoms with Gasteiger partial charge in [-0.3, -0.25) is 4.99 Å². The van der Waals surface area contributed by atoms with Gasteiger partial charge in [-0.1, -0.05) is 32.8 Å². The molecule has 0 saturated carbocycles. The van der Waals surface area contributed by atoms with Gasteiger partial charge in [-0.2, -0.15) is 5.10 Å². The molecule has 2 heterocycles. The normalized spacial score (nSPS) is 11.8. The first kappa shape index (κ1) is 19.9. The van der Waals surface area contributed by atoms with Gasteiger partial charge < -0.3 is 10.6 Å². The van der Waals surface area contributed by atoms with E-state index in [1.165, 1.54) is 12.8 Å². The first-order valence-corrected chi connectivity index (χ1v) is 9.42. The molecule has 6 heteroatoms. The second-order valence-corrected chi connectivity index (χ2v) is 7.11. The summed E-state index contributed by atoms with van der Waals surface area (Å²) in [6.07, 6.45) is 5.58. The predicted molar refractivity (Wildman–Crippen MR) is 108 cm³/mol. The third-order valence-electron chi connectivity index (χ3n) is 4.22. The second-order valence-electron chi connectivity index (χ2n) is 7.11. The van der Waals surface area contributed by atoms with Crippen LogP contribution in [0.4, 0.5) is 0 Å². The highest BCUT2D eigenvalue weighted by Gasteiger charge is 2.05. The minimum absolute atomic E-state index is 0.691. The summed E-state index contributed by atoms with van der Waals surface area (Å²) in [7, 11) is 1.80. The van der Waals surface area contributed by atoms with E-state index in [2.05, 4.69) is 45.6 Å². The Kier molecular flexibility index (Phi) is 7.63. The molecule has 0 saturated heterocycles. The van der Waals surface area contributed by atoms with Crippen molar-refractivity contribution in [2.45, 2.75) is 53.5 Å². The average Bonchev–Trinajstić information content (AvgIpc) is 2.96. The van der Waals surface area contributed by atoms with Gasteiger partial charge >= 0.3 is 0 Å². The van der Waals surface area contributed by atoms with Crippen LogP contribution in [0.2, 0.25) is 0 Å². The van der Waals surface area contributed by atoms with Crippen LogP contribution in [-0.4, -0.2) is 34.3 Å². The van der Waals surface area contributed by atoms with Crippen LogP contribution in [0.15, 0.2) is 29.4 Å². The lowest BCUT2D eigenvalue weighted by atomic mass is 10.1. The maximum atomic E-state index is 4.53. The predicted octanol–water partition coefficient (Wildman–Crippen LogP) is 3.38. The molecule has 0 atom stereocenters. The first-order chi connectivity index (χ1) is 12.5. The number of hydrogen-bond donors (Lipinski definition) is 2. The van der Waals surface area contributed by atoms with Crippen molar-refractivity contribution in [1.29, 1.82) is 0 Å². The second kappa shape index (κ2) is 9.94. The summed E-state index contributed by atoms with van der Waals surface area (Å²) < 4.78 is 1.87. The molecule has 0 amide bonds. The summed E-state index contributed by atoms with van der Waals surface area (Å²) in [6, 6.07) is 6.12. The van der Waals surface area contributed by atoms with E-state index in [1.807, 2.05) is 36.9 Å². The van der Waals surface area contributed by atoms with E-state index in [9.17, 15) is 0 Å². The number of aryl methyl sites for hydroxylation is 2. The van der Waals surface area contributed by atoms with Gasteiger partial charge in [0, 0.05) is 32.0 Å². The Balaban J connectivity index is 1.80. The molecule has 2 aromatic rings. The molecule has 0 aliphatic heterocycles. The molecule has 0 bridgehead atoms. The van der Waals surface area contributed by atoms with Gasteiger partial charge in [-0.25, -0.2) is 9.67 Å². The van der Waals surface area contributed by atoms with E-state index in [1.54, 1.807) is 7.05 Å². The maximum Gasteiger partial charge on any atom is 0.191 e. The van der Waals surface area contributed by atoms with Crippen LogP contribution >= 0.6 is 0 Å². The van der Waals surface area contributed by atoms with Crippen molar-refractivity contribution >= 4 is 5.96 Å². The molecule has 0 aliphatic rings. The molecule has 0 radical (unpaired) electrons. The van der Waals surface area contributed by atoms with Crippen LogP contribution in [-0.2, 0) is 6.54 Å². The molecule has 0 aromatic carbocycles. The standard InChI is InChI=1S/C20H32N6/c1-15(2)8-6-7-11-22-20(21-5)24-14-18-9-10-19(23-13-18)26-17(4)12-16(3)25-26/h9-10,12-13,15H,6-8,11,14H2,1-5H3,(H2,21,22,24). The van der Waals surface area contributed by atoms with Gasteiger partial charge in [0.2, 0.25) is 0 Å². The summed E-state index contributed by atoms with van der Waals surface area (Å²) in [4.78, 5) is 8.81. The molecule has 2 aromatic heterocycles. The summed E-state index contributed by atoms with van der Waals surface area (Å²) in [5.74, 6) is 2.45. The molecule has 0 spiro atoms. The summed E-state index contributed by atoms with van der Waals surface area (Å²) in [6.45, 7) is 10.2. The van der Waals surface area contributed by atoms with E-state index in [4.69, 9.17) is 0 Å². The molecule has 26 heavy (non-hydrogen) atoms. The van der Waals surface area contributed by atoms with Crippen LogP contribution in [0.1, 0.15) is 50.1 Å². The Morgan fingerprint density at radius 2 is 2.00 bits per heavy atom. The molecular weight excluding hydrogens is 324 g/mol. The first-order valence-electron chi connectivity index (χ1n) is 9.42. The van der Waals surface area contributed by atoms with E-state index in [0.29, 0.717) is 6.54 Å². The van der Waals surface area contributed by atoms with Crippen molar-refractivity contribution in [2.24, 2.45) is 10.9 Å². The lowest BCUT2D eigenvalue weighted by Gasteiger charge is -2.12. The third-order valence-corrected chi connectivity index (χ3v) is 4.22. The summed E-state index contributed by atoms with van der Waals surface area (Å²) >= 11 is 0. The Labute approximate surface area is 157 Å². The Morgan fingerprint density at radius 1 is 1.19 bits per heavy atom. The van der Waals surface area contributed by atoms with Gasteiger partial charge in [-0.15, -0.1) is 0 Å². The lowest BCUT2D eigenvalue weighted by molar-refractivity contribution is 0.534. The molecule has 142 valence electrons. The number of unbranched alkanes of at least 4 members (excludes halogenated alkanes) is 1. The zero-order valence-electron chi connectivity index (χ0n) is 16.7. The van der Waals surface area contributed by atoms with Crippen molar-refractivity contribution in [3.05, 3.63) is 41.3 Å². The van der Waals surface area contributed by atoms with Gasteiger partial charge in [0.25, 0.3) is 0 Å². The molecular formula is C20H32N6. The number of rotatable bonds is 8. The Hall–Kier alpha value is -2.37. The fourth-order valence-corrected chi connectivity index (χ4v) is 2.80. The van der Waals surface area contributed by atoms with E-state index in [-0.39, 0.29) is 0 Å². The molecule has 6 nitrogen and oxygen atoms in total. The summed E-state index contributed by atoms with van der Waals surface area (Å²) in [5.41, 5.74) is 3.19. The fourth-order valence-electron chi connectivity index (χ4n) is 2.80. The van der Waals surface area contributed by atoms with E-state index < -0.39 is 0 Å². The SMILES string of the molecule is CN=C(NCCCCC(C)C)NCc1ccc(-n2nc(C)cc2C)nc1. The monoisotopic (exact) mass is 356 g/mol. The third kappa shape index (κ3) is 6.17. The number of aromatic nitrogens is 3. The lowest BCUT2D eigenvalue weighted by Crippen LogP contribution is -2.37. The highest BCUT2D eigenvalue weighted by atomic mass is 15.3. The Bertz CT molecular complexity index is 700. The number of pyridine rings is 1. The van der Waals surface area contributed by atoms with Crippen LogP contribution in [0.3, 0.4) is 0 Å². The van der Waals surface area contributed by atoms with Gasteiger partial charge in [0.05, 0.1) is 5.69 Å². The summed E-state index contributed by atoms with van der Waals surface area (Å²) in [5, 5.41) is 11.2. The van der Waals surface area contributed by atoms with Gasteiger partial charge in [-0.05, 0) is 43.9 Å². The molecule has 0 fully saturated rings. The highest BCUT2D eigenvalue weighted by Crippen LogP contribution is 2.10. The minimum atomic E-state index is 0.691. The van der Waals surface area contributed by atoms with E-state index >= 15 is 0 Å². The largest absolute Gasteiger partial charge is 0.356 e. The maximum absolute atomic E-state index is 4.53. The van der Waals surface area contributed by atoms with Gasteiger partial charge in [0.15, 0.2) is 11.8 Å². The highest BCUT2D eigenvalue weighted by molar-refractivity contribution is 5.79. The van der Waals surface area contributed by atoms with Crippen LogP contribution in [0, 0.1) is 19.8 Å². The average molecular weight is 357 g/mol. The van der Waals surface area contributed by atoms with Crippen LogP contribution in [0.25, 0.3) is 5.82 Å².